The molecule has 8 heteroatoms. The molecule has 0 bridgehead atoms. The summed E-state index contributed by atoms with van der Waals surface area (Å²) in [6.07, 6.45) is 0. The van der Waals surface area contributed by atoms with Gasteiger partial charge in [0.2, 0.25) is 5.91 Å². The van der Waals surface area contributed by atoms with Gasteiger partial charge in [-0.15, -0.1) is 11.3 Å². The van der Waals surface area contributed by atoms with Crippen molar-refractivity contribution in [2.45, 2.75) is 25.9 Å². The smallest absolute Gasteiger partial charge is 0.326 e. The van der Waals surface area contributed by atoms with Gasteiger partial charge in [-0.1, -0.05) is 0 Å². The van der Waals surface area contributed by atoms with Crippen molar-refractivity contribution >= 4 is 28.3 Å². The summed E-state index contributed by atoms with van der Waals surface area (Å²) in [7, 11) is 0. The highest BCUT2D eigenvalue weighted by molar-refractivity contribution is 7.13. The zero-order chi connectivity index (χ0) is 13.7. The molecule has 0 aliphatic heterocycles. The van der Waals surface area contributed by atoms with Crippen LogP contribution in [0.15, 0.2) is 5.38 Å². The van der Waals surface area contributed by atoms with Crippen LogP contribution in [0.25, 0.3) is 0 Å². The van der Waals surface area contributed by atoms with Crippen LogP contribution in [0.1, 0.15) is 25.6 Å². The maximum absolute atomic E-state index is 11.5. The molecule has 0 aliphatic rings. The Balaban J connectivity index is 2.64. The number of hydrogen-bond acceptors (Lipinski definition) is 6. The number of anilines is 1. The minimum atomic E-state index is -1.14. The Bertz CT molecular complexity index is 435. The lowest BCUT2D eigenvalue weighted by molar-refractivity contribution is -0.138. The van der Waals surface area contributed by atoms with Crippen molar-refractivity contribution in [2.24, 2.45) is 5.73 Å². The van der Waals surface area contributed by atoms with Crippen molar-refractivity contribution in [2.75, 3.05) is 11.9 Å². The molecule has 7 nitrogen and oxygen atoms in total. The maximum Gasteiger partial charge on any atom is 0.326 e. The second-order valence-corrected chi connectivity index (χ2v) is 4.51. The SMILES string of the molecule is CCNC(=O)C(C)Nc1nc(C(N)C(=O)O)cs1. The van der Waals surface area contributed by atoms with Crippen LogP contribution in [0.4, 0.5) is 5.13 Å². The first-order valence-corrected chi connectivity index (χ1v) is 6.31. The molecule has 0 saturated carbocycles. The number of amides is 1. The van der Waals surface area contributed by atoms with E-state index in [1.54, 1.807) is 12.3 Å². The number of thiazole rings is 1. The Morgan fingerprint density at radius 1 is 1.61 bits per heavy atom. The van der Waals surface area contributed by atoms with Gasteiger partial charge in [0.25, 0.3) is 0 Å². The van der Waals surface area contributed by atoms with E-state index in [4.69, 9.17) is 10.8 Å². The van der Waals surface area contributed by atoms with Gasteiger partial charge in [0.05, 0.1) is 5.69 Å². The predicted octanol–water partition coefficient (Wildman–Crippen LogP) is 0.164. The number of nitrogens with one attached hydrogen (secondary N) is 2. The third-order valence-corrected chi connectivity index (χ3v) is 2.98. The second-order valence-electron chi connectivity index (χ2n) is 3.65. The monoisotopic (exact) mass is 272 g/mol. The van der Waals surface area contributed by atoms with Crippen LogP contribution in [0.3, 0.4) is 0 Å². The topological polar surface area (TPSA) is 117 Å². The fraction of sp³-hybridized carbons (Fsp3) is 0.500. The summed E-state index contributed by atoms with van der Waals surface area (Å²) < 4.78 is 0. The van der Waals surface area contributed by atoms with Gasteiger partial charge in [-0.25, -0.2) is 4.98 Å². The van der Waals surface area contributed by atoms with Gasteiger partial charge in [0, 0.05) is 11.9 Å². The van der Waals surface area contributed by atoms with Gasteiger partial charge in [0.15, 0.2) is 5.13 Å². The van der Waals surface area contributed by atoms with Gasteiger partial charge in [0.1, 0.15) is 12.1 Å². The summed E-state index contributed by atoms with van der Waals surface area (Å²) in [5.74, 6) is -1.28. The average Bonchev–Trinajstić information content (AvgIpc) is 2.76. The van der Waals surface area contributed by atoms with E-state index in [9.17, 15) is 9.59 Å². The van der Waals surface area contributed by atoms with Crippen molar-refractivity contribution in [3.8, 4) is 0 Å². The summed E-state index contributed by atoms with van der Waals surface area (Å²) in [5.41, 5.74) is 5.70. The zero-order valence-electron chi connectivity index (χ0n) is 10.1. The van der Waals surface area contributed by atoms with Gasteiger partial charge in [-0.2, -0.15) is 0 Å². The molecule has 0 saturated heterocycles. The Kier molecular flexibility index (Phi) is 5.05. The lowest BCUT2D eigenvalue weighted by Gasteiger charge is -2.11. The summed E-state index contributed by atoms with van der Waals surface area (Å²) >= 11 is 1.21. The van der Waals surface area contributed by atoms with Crippen molar-refractivity contribution in [3.05, 3.63) is 11.1 Å². The minimum Gasteiger partial charge on any atom is -0.480 e. The summed E-state index contributed by atoms with van der Waals surface area (Å²) in [6.45, 7) is 4.08. The molecule has 1 heterocycles. The first-order chi connectivity index (χ1) is 8.45. The number of carbonyl (C=O) groups excluding carboxylic acids is 1. The molecule has 100 valence electrons. The van der Waals surface area contributed by atoms with E-state index in [1.807, 2.05) is 6.92 Å². The Morgan fingerprint density at radius 3 is 2.83 bits per heavy atom. The molecular weight excluding hydrogens is 256 g/mol. The number of carboxylic acid groups (broad SMARTS) is 1. The second kappa shape index (κ2) is 6.31. The van der Waals surface area contributed by atoms with E-state index in [0.29, 0.717) is 11.7 Å². The van der Waals surface area contributed by atoms with E-state index >= 15 is 0 Å². The average molecular weight is 272 g/mol. The van der Waals surface area contributed by atoms with Crippen molar-refractivity contribution in [1.29, 1.82) is 0 Å². The number of hydrogen-bond donors (Lipinski definition) is 4. The van der Waals surface area contributed by atoms with Crippen LogP contribution in [-0.4, -0.2) is 34.6 Å². The van der Waals surface area contributed by atoms with Gasteiger partial charge < -0.3 is 21.5 Å². The fourth-order valence-corrected chi connectivity index (χ4v) is 2.03. The molecule has 5 N–H and O–H groups in total. The van der Waals surface area contributed by atoms with Crippen molar-refractivity contribution in [3.63, 3.8) is 0 Å². The Hall–Kier alpha value is -1.67. The molecule has 1 rings (SSSR count). The van der Waals surface area contributed by atoms with Gasteiger partial charge in [-0.3, -0.25) is 9.59 Å². The lowest BCUT2D eigenvalue weighted by atomic mass is 10.2. The molecule has 2 unspecified atom stereocenters. The maximum atomic E-state index is 11.5. The minimum absolute atomic E-state index is 0.142. The molecule has 0 aromatic carbocycles. The molecular formula is C10H16N4O3S. The number of carboxylic acids is 1. The number of nitrogens with two attached hydrogens (primary N) is 1. The number of aliphatic carboxylic acids is 1. The largest absolute Gasteiger partial charge is 0.480 e. The van der Waals surface area contributed by atoms with E-state index in [-0.39, 0.29) is 11.6 Å². The molecule has 1 amide bonds. The first-order valence-electron chi connectivity index (χ1n) is 5.43. The zero-order valence-corrected chi connectivity index (χ0v) is 11.0. The Morgan fingerprint density at radius 2 is 2.28 bits per heavy atom. The molecule has 2 atom stereocenters. The molecule has 1 aromatic heterocycles. The normalized spacial score (nSPS) is 13.7. The van der Waals surface area contributed by atoms with E-state index < -0.39 is 18.1 Å². The summed E-state index contributed by atoms with van der Waals surface area (Å²) in [6, 6.07) is -1.58. The molecule has 1 aromatic rings. The highest BCUT2D eigenvalue weighted by atomic mass is 32.1. The van der Waals surface area contributed by atoms with Crippen LogP contribution >= 0.6 is 11.3 Å². The molecule has 0 aliphatic carbocycles. The van der Waals surface area contributed by atoms with Gasteiger partial charge in [-0.05, 0) is 13.8 Å². The van der Waals surface area contributed by atoms with Crippen LogP contribution in [0.5, 0.6) is 0 Å². The molecule has 0 fully saturated rings. The number of rotatable bonds is 6. The van der Waals surface area contributed by atoms with Crippen LogP contribution in [-0.2, 0) is 9.59 Å². The highest BCUT2D eigenvalue weighted by Crippen LogP contribution is 2.20. The van der Waals surface area contributed by atoms with Crippen molar-refractivity contribution < 1.29 is 14.7 Å². The number of likely N-dealkylation sites (N-methyl/N-ethyl adjacent to an activating group) is 1. The Labute approximate surface area is 108 Å². The number of aromatic nitrogens is 1. The van der Waals surface area contributed by atoms with Crippen LogP contribution in [0, 0.1) is 0 Å². The predicted molar refractivity (Wildman–Crippen MR) is 68.4 cm³/mol. The first kappa shape index (κ1) is 14.4. The van der Waals surface area contributed by atoms with Crippen LogP contribution < -0.4 is 16.4 Å². The fourth-order valence-electron chi connectivity index (χ4n) is 1.20. The van der Waals surface area contributed by atoms with Gasteiger partial charge >= 0.3 is 5.97 Å². The molecule has 0 spiro atoms. The van der Waals surface area contributed by atoms with E-state index in [0.717, 1.165) is 0 Å². The third kappa shape index (κ3) is 3.67. The third-order valence-electron chi connectivity index (χ3n) is 2.19. The quantitative estimate of drug-likeness (QED) is 0.586. The number of carbonyl (C=O) groups is 2. The van der Waals surface area contributed by atoms with Crippen LogP contribution in [0.2, 0.25) is 0 Å². The standard InChI is InChI=1S/C10H16N4O3S/c1-3-12-8(15)5(2)13-10-14-6(4-18-10)7(11)9(16)17/h4-5,7H,3,11H2,1-2H3,(H,12,15)(H,13,14)(H,16,17). The lowest BCUT2D eigenvalue weighted by Crippen LogP contribution is -2.37. The van der Waals surface area contributed by atoms with Crippen molar-refractivity contribution in [1.82, 2.24) is 10.3 Å². The number of nitrogens with zero attached hydrogens (tertiary/aromatic N) is 1. The summed E-state index contributed by atoms with van der Waals surface area (Å²) in [4.78, 5) is 26.2. The summed E-state index contributed by atoms with van der Waals surface area (Å²) in [5, 5.41) is 16.3. The molecule has 18 heavy (non-hydrogen) atoms. The molecule has 0 radical (unpaired) electrons. The van der Waals surface area contributed by atoms with E-state index in [2.05, 4.69) is 15.6 Å². The highest BCUT2D eigenvalue weighted by Gasteiger charge is 2.19. The van der Waals surface area contributed by atoms with E-state index in [1.165, 1.54) is 11.3 Å².